The molecule has 7 nitrogen and oxygen atoms in total. The highest BCUT2D eigenvalue weighted by molar-refractivity contribution is 6.71. The number of methoxy groups -OCH3 is 1. The number of carbonyl (C=O) groups excluding carboxylic acids is 1. The summed E-state index contributed by atoms with van der Waals surface area (Å²) in [7, 11) is -0.869. The number of nitrogens with zero attached hydrogens (tertiary/aromatic N) is 1. The maximum Gasteiger partial charge on any atom is 0.240 e. The molecule has 0 radical (unpaired) electrons. The largest absolute Gasteiger partial charge is 0.490 e. The molecule has 1 fully saturated rings. The van der Waals surface area contributed by atoms with Gasteiger partial charge in [0, 0.05) is 49.5 Å². The fourth-order valence-corrected chi connectivity index (χ4v) is 6.48. The van der Waals surface area contributed by atoms with E-state index in [9.17, 15) is 14.7 Å². The molecular weight excluding hydrogens is 376 g/mol. The van der Waals surface area contributed by atoms with Crippen molar-refractivity contribution in [1.82, 2.24) is 5.32 Å². The van der Waals surface area contributed by atoms with E-state index >= 15 is 0 Å². The van der Waals surface area contributed by atoms with Crippen LogP contribution < -0.4 is 15.0 Å². The molecule has 3 N–H and O–H groups in total. The van der Waals surface area contributed by atoms with E-state index in [-0.39, 0.29) is 36.2 Å². The Labute approximate surface area is 167 Å². The summed E-state index contributed by atoms with van der Waals surface area (Å²) in [6, 6.07) is 5.79. The highest BCUT2D eigenvalue weighted by atomic mass is 28.4. The van der Waals surface area contributed by atoms with Gasteiger partial charge >= 0.3 is 0 Å². The molecule has 2 aliphatic heterocycles. The van der Waals surface area contributed by atoms with Crippen molar-refractivity contribution in [3.63, 3.8) is 0 Å². The summed E-state index contributed by atoms with van der Waals surface area (Å²) < 4.78 is 12.2. The highest BCUT2D eigenvalue weighted by Crippen LogP contribution is 2.47. The predicted octanol–water partition coefficient (Wildman–Crippen LogP) is 1.66. The second kappa shape index (κ2) is 8.50. The monoisotopic (exact) mass is 408 g/mol. The number of anilines is 1. The van der Waals surface area contributed by atoms with Crippen LogP contribution in [0.25, 0.3) is 0 Å². The van der Waals surface area contributed by atoms with E-state index < -0.39 is 8.32 Å². The summed E-state index contributed by atoms with van der Waals surface area (Å²) in [5.74, 6) is 0.781. The van der Waals surface area contributed by atoms with Crippen molar-refractivity contribution in [2.75, 3.05) is 38.3 Å². The zero-order valence-electron chi connectivity index (χ0n) is 17.1. The lowest BCUT2D eigenvalue weighted by atomic mass is 9.86. The van der Waals surface area contributed by atoms with Crippen molar-refractivity contribution in [3.05, 3.63) is 23.8 Å². The van der Waals surface area contributed by atoms with Gasteiger partial charge in [0.1, 0.15) is 11.9 Å². The Morgan fingerprint density at radius 3 is 2.79 bits per heavy atom. The van der Waals surface area contributed by atoms with Crippen LogP contribution >= 0.6 is 0 Å². The maximum atomic E-state index is 12.3. The number of ether oxygens (including phenoxy) is 2. The standard InChI is InChI=1S/C20H32N2O5Si/c1-13-19(26-2)15-11-14(22-9-8-21-12-18(22)24)5-6-16(15)27-20(13)17(7-10-23)28(3,4)25/h5-6,11,13,17,19-21,23,25H,7-10,12H2,1-4H3/t13-,17?,19-,20-/m0/s1. The van der Waals surface area contributed by atoms with E-state index in [2.05, 4.69) is 12.2 Å². The number of carbonyl (C=O) groups is 1. The van der Waals surface area contributed by atoms with Gasteiger partial charge in [-0.3, -0.25) is 4.79 Å². The Balaban J connectivity index is 1.95. The van der Waals surface area contributed by atoms with Gasteiger partial charge in [-0.15, -0.1) is 0 Å². The third kappa shape index (κ3) is 4.11. The summed E-state index contributed by atoms with van der Waals surface area (Å²) in [6.07, 6.45) is 0.0660. The van der Waals surface area contributed by atoms with Crippen molar-refractivity contribution in [2.24, 2.45) is 5.92 Å². The first-order valence-electron chi connectivity index (χ1n) is 9.95. The topological polar surface area (TPSA) is 91.3 Å². The fourth-order valence-electron chi connectivity index (χ4n) is 4.47. The van der Waals surface area contributed by atoms with Crippen molar-refractivity contribution in [3.8, 4) is 5.75 Å². The number of rotatable bonds is 6. The van der Waals surface area contributed by atoms with Crippen LogP contribution in [-0.4, -0.2) is 63.6 Å². The normalized spacial score (nSPS) is 26.6. The molecule has 1 unspecified atom stereocenters. The van der Waals surface area contributed by atoms with E-state index in [1.807, 2.05) is 31.3 Å². The van der Waals surface area contributed by atoms with Crippen molar-refractivity contribution >= 4 is 19.9 Å². The molecule has 1 aromatic carbocycles. The predicted molar refractivity (Wildman–Crippen MR) is 110 cm³/mol. The average molecular weight is 409 g/mol. The first-order valence-corrected chi connectivity index (χ1v) is 13.0. The van der Waals surface area contributed by atoms with Crippen LogP contribution in [0.1, 0.15) is 25.0 Å². The van der Waals surface area contributed by atoms with E-state index in [0.717, 1.165) is 23.5 Å². The van der Waals surface area contributed by atoms with Crippen LogP contribution in [-0.2, 0) is 9.53 Å². The Bertz CT molecular complexity index is 708. The molecule has 1 amide bonds. The van der Waals surface area contributed by atoms with Crippen LogP contribution in [0.4, 0.5) is 5.69 Å². The number of amides is 1. The lowest BCUT2D eigenvalue weighted by Crippen LogP contribution is -2.49. The molecule has 1 saturated heterocycles. The highest BCUT2D eigenvalue weighted by Gasteiger charge is 2.46. The minimum atomic E-state index is -2.55. The van der Waals surface area contributed by atoms with E-state index in [1.165, 1.54) is 0 Å². The van der Waals surface area contributed by atoms with Crippen molar-refractivity contribution in [1.29, 1.82) is 0 Å². The van der Waals surface area contributed by atoms with E-state index in [0.29, 0.717) is 19.5 Å². The van der Waals surface area contributed by atoms with Crippen LogP contribution in [0.5, 0.6) is 5.75 Å². The van der Waals surface area contributed by atoms with Gasteiger partial charge in [0.15, 0.2) is 8.32 Å². The molecule has 0 saturated carbocycles. The van der Waals surface area contributed by atoms with Gasteiger partial charge in [-0.2, -0.15) is 0 Å². The molecule has 3 rings (SSSR count). The van der Waals surface area contributed by atoms with Gasteiger partial charge < -0.3 is 29.6 Å². The fraction of sp³-hybridized carbons (Fsp3) is 0.650. The second-order valence-corrected chi connectivity index (χ2v) is 12.4. The zero-order valence-corrected chi connectivity index (χ0v) is 18.1. The third-order valence-electron chi connectivity index (χ3n) is 5.96. The number of piperazine rings is 1. The number of nitrogens with one attached hydrogen (secondary N) is 1. The van der Waals surface area contributed by atoms with Crippen molar-refractivity contribution in [2.45, 2.75) is 44.2 Å². The van der Waals surface area contributed by atoms with Crippen LogP contribution in [0.15, 0.2) is 18.2 Å². The number of hydrogen-bond acceptors (Lipinski definition) is 6. The van der Waals surface area contributed by atoms with Gasteiger partial charge in [-0.05, 0) is 37.7 Å². The molecule has 0 spiro atoms. The molecule has 8 heteroatoms. The molecule has 28 heavy (non-hydrogen) atoms. The van der Waals surface area contributed by atoms with Crippen LogP contribution in [0.2, 0.25) is 18.6 Å². The summed E-state index contributed by atoms with van der Waals surface area (Å²) >= 11 is 0. The van der Waals surface area contributed by atoms with Gasteiger partial charge in [-0.25, -0.2) is 0 Å². The lowest BCUT2D eigenvalue weighted by Gasteiger charge is -2.44. The first-order chi connectivity index (χ1) is 13.3. The molecular formula is C20H32N2O5Si. The number of fused-ring (bicyclic) bond motifs is 1. The molecule has 1 aromatic rings. The minimum Gasteiger partial charge on any atom is -0.490 e. The summed E-state index contributed by atoms with van der Waals surface area (Å²) in [5.41, 5.74) is 1.67. The first kappa shape index (κ1) is 21.3. The average Bonchev–Trinajstić information content (AvgIpc) is 2.65. The maximum absolute atomic E-state index is 12.3. The molecule has 0 bridgehead atoms. The Kier molecular flexibility index (Phi) is 6.46. The molecule has 2 heterocycles. The van der Waals surface area contributed by atoms with Gasteiger partial charge in [0.25, 0.3) is 0 Å². The van der Waals surface area contributed by atoms with E-state index in [1.54, 1.807) is 12.0 Å². The number of hydrogen-bond donors (Lipinski definition) is 3. The Hall–Kier alpha value is -1.45. The smallest absolute Gasteiger partial charge is 0.240 e. The van der Waals surface area contributed by atoms with Crippen LogP contribution in [0.3, 0.4) is 0 Å². The SMILES string of the molecule is CO[C@@H]1c2cc(N3CCNCC3=O)ccc2O[C@H](C(CCO)[Si](C)(C)O)[C@H]1C. The molecule has 4 atom stereocenters. The van der Waals surface area contributed by atoms with Gasteiger partial charge in [0.2, 0.25) is 5.91 Å². The van der Waals surface area contributed by atoms with Gasteiger partial charge in [-0.1, -0.05) is 6.92 Å². The quantitative estimate of drug-likeness (QED) is 0.620. The number of benzene rings is 1. The summed E-state index contributed by atoms with van der Waals surface area (Å²) in [5, 5.41) is 12.6. The molecule has 156 valence electrons. The molecule has 0 aromatic heterocycles. The molecule has 2 aliphatic rings. The summed E-state index contributed by atoms with van der Waals surface area (Å²) in [4.78, 5) is 24.8. The number of aliphatic hydroxyl groups excluding tert-OH is 1. The second-order valence-electron chi connectivity index (χ2n) is 8.31. The number of aliphatic hydroxyl groups is 1. The summed E-state index contributed by atoms with van der Waals surface area (Å²) in [6.45, 7) is 7.61. The minimum absolute atomic E-state index is 0.00180. The van der Waals surface area contributed by atoms with E-state index in [4.69, 9.17) is 9.47 Å². The van der Waals surface area contributed by atoms with Gasteiger partial charge in [0.05, 0.1) is 12.6 Å². The lowest BCUT2D eigenvalue weighted by molar-refractivity contribution is -0.118. The van der Waals surface area contributed by atoms with Crippen LogP contribution in [0, 0.1) is 5.92 Å². The van der Waals surface area contributed by atoms with Crippen molar-refractivity contribution < 1.29 is 24.2 Å². The Morgan fingerprint density at radius 2 is 2.18 bits per heavy atom. The zero-order chi connectivity index (χ0) is 20.5. The Morgan fingerprint density at radius 1 is 1.43 bits per heavy atom. The molecule has 0 aliphatic carbocycles. The third-order valence-corrected chi connectivity index (χ3v) is 8.39.